The average molecular weight is 286 g/mol. The van der Waals surface area contributed by atoms with Crippen LogP contribution in [0, 0.1) is 29.1 Å². The molecule has 2 saturated carbocycles. The molecule has 1 N–H and O–H groups in total. The molecule has 0 aromatic heterocycles. The van der Waals surface area contributed by atoms with Crippen LogP contribution in [-0.2, 0) is 4.79 Å². The molecular weight excluding hydrogens is 260 g/mol. The van der Waals surface area contributed by atoms with Crippen LogP contribution in [0.15, 0.2) is 23.3 Å². The maximum absolute atomic E-state index is 11.8. The van der Waals surface area contributed by atoms with E-state index < -0.39 is 0 Å². The maximum Gasteiger partial charge on any atom is 0.155 e. The molecule has 0 aliphatic heterocycles. The first-order valence-electron chi connectivity index (χ1n) is 8.60. The van der Waals surface area contributed by atoms with Gasteiger partial charge in [-0.2, -0.15) is 0 Å². The Hall–Kier alpha value is -0.890. The molecule has 0 aromatic rings. The van der Waals surface area contributed by atoms with Crippen molar-refractivity contribution in [3.05, 3.63) is 23.3 Å². The number of carbonyl (C=O) groups excluding carboxylic acids is 1. The smallest absolute Gasteiger partial charge is 0.155 e. The first-order valence-corrected chi connectivity index (χ1v) is 8.60. The van der Waals surface area contributed by atoms with Crippen LogP contribution < -0.4 is 0 Å². The summed E-state index contributed by atoms with van der Waals surface area (Å²) in [5.41, 5.74) is 2.71. The van der Waals surface area contributed by atoms with E-state index in [1.54, 1.807) is 11.6 Å². The van der Waals surface area contributed by atoms with Crippen molar-refractivity contribution < 1.29 is 9.90 Å². The molecule has 2 fully saturated rings. The van der Waals surface area contributed by atoms with Gasteiger partial charge in [0.25, 0.3) is 0 Å². The molecule has 4 aliphatic rings. The second-order valence-corrected chi connectivity index (χ2v) is 8.04. The highest BCUT2D eigenvalue weighted by Gasteiger charge is 2.55. The zero-order valence-electron chi connectivity index (χ0n) is 13.1. The monoisotopic (exact) mass is 286 g/mol. The van der Waals surface area contributed by atoms with Crippen LogP contribution in [0.5, 0.6) is 0 Å². The van der Waals surface area contributed by atoms with Gasteiger partial charge >= 0.3 is 0 Å². The van der Waals surface area contributed by atoms with Crippen LogP contribution in [0.2, 0.25) is 0 Å². The highest BCUT2D eigenvalue weighted by atomic mass is 16.3. The number of allylic oxidation sites excluding steroid dienone is 3. The lowest BCUT2D eigenvalue weighted by atomic mass is 9.49. The molecule has 0 saturated heterocycles. The zero-order valence-corrected chi connectivity index (χ0v) is 13.1. The van der Waals surface area contributed by atoms with Crippen LogP contribution >= 0.6 is 0 Å². The quantitative estimate of drug-likeness (QED) is 0.690. The minimum atomic E-state index is -0.389. The Balaban J connectivity index is 1.71. The molecule has 4 aliphatic carbocycles. The number of rotatable bonds is 0. The topological polar surface area (TPSA) is 37.3 Å². The molecule has 0 heterocycles. The summed E-state index contributed by atoms with van der Waals surface area (Å²) in [6.45, 7) is 4.61. The molecule has 0 aromatic carbocycles. The van der Waals surface area contributed by atoms with E-state index in [1.165, 1.54) is 19.3 Å². The zero-order chi connectivity index (χ0) is 14.8. The molecule has 2 nitrogen and oxygen atoms in total. The van der Waals surface area contributed by atoms with E-state index in [0.717, 1.165) is 30.3 Å². The van der Waals surface area contributed by atoms with Crippen molar-refractivity contribution in [2.75, 3.05) is 0 Å². The normalized spacial score (nSPS) is 48.9. The number of hydrogen-bond acceptors (Lipinski definition) is 2. The van der Waals surface area contributed by atoms with Gasteiger partial charge in [0.1, 0.15) is 0 Å². The molecule has 0 radical (unpaired) electrons. The van der Waals surface area contributed by atoms with Crippen molar-refractivity contribution >= 4 is 5.78 Å². The van der Waals surface area contributed by atoms with Crippen molar-refractivity contribution in [2.24, 2.45) is 29.1 Å². The van der Waals surface area contributed by atoms with Crippen molar-refractivity contribution in [2.45, 2.75) is 58.5 Å². The van der Waals surface area contributed by atoms with Gasteiger partial charge in [-0.1, -0.05) is 18.6 Å². The molecule has 0 spiro atoms. The number of hydrogen-bond donors (Lipinski definition) is 1. The number of carbonyl (C=O) groups is 1. The minimum Gasteiger partial charge on any atom is -0.389 e. The van der Waals surface area contributed by atoms with Gasteiger partial charge in [-0.05, 0) is 79.8 Å². The summed E-state index contributed by atoms with van der Waals surface area (Å²) in [4.78, 5) is 11.8. The van der Waals surface area contributed by atoms with Gasteiger partial charge in [0, 0.05) is 6.42 Å². The van der Waals surface area contributed by atoms with Crippen molar-refractivity contribution in [1.29, 1.82) is 0 Å². The third-order valence-corrected chi connectivity index (χ3v) is 7.21. The van der Waals surface area contributed by atoms with Crippen LogP contribution in [0.25, 0.3) is 0 Å². The summed E-state index contributed by atoms with van der Waals surface area (Å²) in [5, 5.41) is 10.7. The number of fused-ring (bicyclic) bond motifs is 5. The highest BCUT2D eigenvalue weighted by Crippen LogP contribution is 2.61. The second-order valence-electron chi connectivity index (χ2n) is 8.04. The Labute approximate surface area is 127 Å². The first-order chi connectivity index (χ1) is 10.0. The van der Waals surface area contributed by atoms with Gasteiger partial charge in [-0.15, -0.1) is 0 Å². The van der Waals surface area contributed by atoms with E-state index in [-0.39, 0.29) is 17.3 Å². The molecule has 6 unspecified atom stereocenters. The lowest BCUT2D eigenvalue weighted by Crippen LogP contribution is -2.51. The third kappa shape index (κ3) is 1.84. The molecule has 21 heavy (non-hydrogen) atoms. The Morgan fingerprint density at radius 3 is 2.90 bits per heavy atom. The predicted molar refractivity (Wildman–Crippen MR) is 82.6 cm³/mol. The van der Waals surface area contributed by atoms with E-state index in [4.69, 9.17) is 0 Å². The Bertz CT molecular complexity index is 544. The summed E-state index contributed by atoms with van der Waals surface area (Å²) in [6.07, 6.45) is 10.1. The van der Waals surface area contributed by atoms with E-state index in [2.05, 4.69) is 19.9 Å². The van der Waals surface area contributed by atoms with Gasteiger partial charge in [0.05, 0.1) is 6.10 Å². The van der Waals surface area contributed by atoms with Crippen LogP contribution in [-0.4, -0.2) is 17.0 Å². The molecule has 0 amide bonds. The van der Waals surface area contributed by atoms with E-state index >= 15 is 0 Å². The summed E-state index contributed by atoms with van der Waals surface area (Å²) in [6, 6.07) is 0. The summed E-state index contributed by atoms with van der Waals surface area (Å²) in [5.74, 6) is 3.03. The summed E-state index contributed by atoms with van der Waals surface area (Å²) < 4.78 is 0. The predicted octanol–water partition coefficient (Wildman–Crippen LogP) is 3.66. The fourth-order valence-electron chi connectivity index (χ4n) is 6.09. The van der Waals surface area contributed by atoms with E-state index in [0.29, 0.717) is 18.3 Å². The molecular formula is C19H26O2. The fourth-order valence-corrected chi connectivity index (χ4v) is 6.09. The molecule has 4 rings (SSSR count). The first kappa shape index (κ1) is 13.8. The Morgan fingerprint density at radius 2 is 2.10 bits per heavy atom. The average Bonchev–Trinajstić information content (AvgIpc) is 2.83. The van der Waals surface area contributed by atoms with Gasteiger partial charge in [-0.3, -0.25) is 4.79 Å². The standard InChI is InChI=1S/C19H26O2/c1-11-3-4-14-13(11)5-6-16-15(14)10-18(21)17-9-12(20)7-8-19(16,17)2/h3,9,13-16,18,21H,4-8,10H2,1-2H3. The lowest BCUT2D eigenvalue weighted by Gasteiger charge is -2.56. The van der Waals surface area contributed by atoms with Crippen molar-refractivity contribution in [3.63, 3.8) is 0 Å². The van der Waals surface area contributed by atoms with E-state index in [1.807, 2.05) is 0 Å². The molecule has 6 atom stereocenters. The van der Waals surface area contributed by atoms with Gasteiger partial charge in [0.2, 0.25) is 0 Å². The van der Waals surface area contributed by atoms with E-state index in [9.17, 15) is 9.90 Å². The van der Waals surface area contributed by atoms with Crippen molar-refractivity contribution in [1.82, 2.24) is 0 Å². The second kappa shape index (κ2) is 4.55. The number of aliphatic hydroxyl groups excluding tert-OH is 1. The lowest BCUT2D eigenvalue weighted by molar-refractivity contribution is -0.118. The van der Waals surface area contributed by atoms with Crippen molar-refractivity contribution in [3.8, 4) is 0 Å². The number of ketones is 1. The Morgan fingerprint density at radius 1 is 1.29 bits per heavy atom. The highest BCUT2D eigenvalue weighted by molar-refractivity contribution is 5.91. The minimum absolute atomic E-state index is 0.0672. The molecule has 114 valence electrons. The number of aliphatic hydroxyl groups is 1. The molecule has 2 heteroatoms. The Kier molecular flexibility index (Phi) is 2.98. The summed E-state index contributed by atoms with van der Waals surface area (Å²) in [7, 11) is 0. The summed E-state index contributed by atoms with van der Waals surface area (Å²) >= 11 is 0. The van der Waals surface area contributed by atoms with Crippen LogP contribution in [0.3, 0.4) is 0 Å². The van der Waals surface area contributed by atoms with Gasteiger partial charge < -0.3 is 5.11 Å². The third-order valence-electron chi connectivity index (χ3n) is 7.21. The van der Waals surface area contributed by atoms with Crippen LogP contribution in [0.4, 0.5) is 0 Å². The SMILES string of the molecule is CC1=CCC2C1CCC1C2CC(O)C2=CC(=O)CCC21C. The largest absolute Gasteiger partial charge is 0.389 e. The molecule has 0 bridgehead atoms. The van der Waals surface area contributed by atoms with Crippen LogP contribution in [0.1, 0.15) is 52.4 Å². The van der Waals surface area contributed by atoms with Gasteiger partial charge in [-0.25, -0.2) is 0 Å². The van der Waals surface area contributed by atoms with Gasteiger partial charge in [0.15, 0.2) is 5.78 Å². The fraction of sp³-hybridized carbons (Fsp3) is 0.737. The maximum atomic E-state index is 11.8.